The van der Waals surface area contributed by atoms with E-state index in [2.05, 4.69) is 27.7 Å². The summed E-state index contributed by atoms with van der Waals surface area (Å²) in [6, 6.07) is 10.3. The number of carbonyl (C=O) groups is 1. The molecule has 0 spiro atoms. The maximum Gasteiger partial charge on any atom is 0.226 e. The molecular formula is C19H26N4OS. The Balaban J connectivity index is 1.51. The van der Waals surface area contributed by atoms with Crippen molar-refractivity contribution in [2.75, 3.05) is 39.8 Å². The topological polar surface area (TPSA) is 48.5 Å². The van der Waals surface area contributed by atoms with Crippen LogP contribution in [0.1, 0.15) is 12.6 Å². The van der Waals surface area contributed by atoms with Crippen molar-refractivity contribution in [1.82, 2.24) is 20.1 Å². The van der Waals surface area contributed by atoms with Gasteiger partial charge in [0.2, 0.25) is 5.91 Å². The standard InChI is InChI=1S/C19H26N4OS/c1-15(12-20-2)19(24)23-10-8-22(9-11-23)13-17-14-25-18(21-17)16-6-4-3-5-7-16/h3-7,14-15,20H,8-13H2,1-2H3. The molecule has 1 aliphatic rings. The first-order chi connectivity index (χ1) is 12.2. The Morgan fingerprint density at radius 3 is 2.64 bits per heavy atom. The first-order valence-corrected chi connectivity index (χ1v) is 9.71. The van der Waals surface area contributed by atoms with Gasteiger partial charge in [-0.05, 0) is 7.05 Å². The Hall–Kier alpha value is -1.76. The van der Waals surface area contributed by atoms with Gasteiger partial charge in [-0.2, -0.15) is 0 Å². The minimum absolute atomic E-state index is 0.0449. The van der Waals surface area contributed by atoms with Crippen LogP contribution in [-0.2, 0) is 11.3 Å². The quantitative estimate of drug-likeness (QED) is 0.861. The van der Waals surface area contributed by atoms with Crippen molar-refractivity contribution in [3.8, 4) is 10.6 Å². The molecular weight excluding hydrogens is 332 g/mol. The van der Waals surface area contributed by atoms with Gasteiger partial charge in [0.25, 0.3) is 0 Å². The SMILES string of the molecule is CNCC(C)C(=O)N1CCN(Cc2csc(-c3ccccc3)n2)CC1. The molecule has 0 radical (unpaired) electrons. The number of rotatable bonds is 6. The molecule has 134 valence electrons. The summed E-state index contributed by atoms with van der Waals surface area (Å²) in [6.07, 6.45) is 0. The molecule has 1 fully saturated rings. The lowest BCUT2D eigenvalue weighted by atomic mass is 10.1. The predicted octanol–water partition coefficient (Wildman–Crippen LogP) is 2.31. The molecule has 1 aromatic heterocycles. The zero-order valence-corrected chi connectivity index (χ0v) is 15.8. The Kier molecular flexibility index (Phi) is 6.18. The third kappa shape index (κ3) is 4.66. The summed E-state index contributed by atoms with van der Waals surface area (Å²) in [6.45, 7) is 7.03. The van der Waals surface area contributed by atoms with Crippen molar-refractivity contribution in [3.63, 3.8) is 0 Å². The number of thiazole rings is 1. The van der Waals surface area contributed by atoms with Gasteiger partial charge >= 0.3 is 0 Å². The van der Waals surface area contributed by atoms with Crippen LogP contribution in [0.3, 0.4) is 0 Å². The molecule has 2 heterocycles. The van der Waals surface area contributed by atoms with E-state index in [1.165, 1.54) is 5.56 Å². The van der Waals surface area contributed by atoms with E-state index in [1.54, 1.807) is 11.3 Å². The molecule has 1 aromatic carbocycles. The van der Waals surface area contributed by atoms with Gasteiger partial charge in [0.15, 0.2) is 0 Å². The first-order valence-electron chi connectivity index (χ1n) is 8.83. The van der Waals surface area contributed by atoms with E-state index in [1.807, 2.05) is 37.1 Å². The summed E-state index contributed by atoms with van der Waals surface area (Å²) in [5, 5.41) is 6.30. The fraction of sp³-hybridized carbons (Fsp3) is 0.474. The molecule has 3 rings (SSSR count). The summed E-state index contributed by atoms with van der Waals surface area (Å²) >= 11 is 1.70. The van der Waals surface area contributed by atoms with E-state index in [9.17, 15) is 4.79 Å². The van der Waals surface area contributed by atoms with E-state index < -0.39 is 0 Å². The summed E-state index contributed by atoms with van der Waals surface area (Å²) in [7, 11) is 1.89. The van der Waals surface area contributed by atoms with Gasteiger partial charge in [-0.3, -0.25) is 9.69 Å². The number of amides is 1. The maximum atomic E-state index is 12.4. The fourth-order valence-electron chi connectivity index (χ4n) is 3.15. The van der Waals surface area contributed by atoms with Gasteiger partial charge in [0, 0.05) is 56.1 Å². The summed E-state index contributed by atoms with van der Waals surface area (Å²) in [4.78, 5) is 21.5. The van der Waals surface area contributed by atoms with E-state index in [0.717, 1.165) is 50.0 Å². The third-order valence-corrected chi connectivity index (χ3v) is 5.51. The van der Waals surface area contributed by atoms with Gasteiger partial charge in [0.05, 0.1) is 5.69 Å². The van der Waals surface area contributed by atoms with Crippen LogP contribution in [-0.4, -0.2) is 60.5 Å². The van der Waals surface area contributed by atoms with Crippen LogP contribution in [0.15, 0.2) is 35.7 Å². The smallest absolute Gasteiger partial charge is 0.226 e. The zero-order valence-electron chi connectivity index (χ0n) is 14.9. The van der Waals surface area contributed by atoms with Gasteiger partial charge in [-0.1, -0.05) is 37.3 Å². The second-order valence-electron chi connectivity index (χ2n) is 6.57. The van der Waals surface area contributed by atoms with Crippen LogP contribution in [0, 0.1) is 5.92 Å². The number of benzene rings is 1. The number of nitrogens with zero attached hydrogens (tertiary/aromatic N) is 3. The average molecular weight is 359 g/mol. The molecule has 2 aromatic rings. The van der Waals surface area contributed by atoms with Crippen molar-refractivity contribution in [2.24, 2.45) is 5.92 Å². The Morgan fingerprint density at radius 1 is 1.24 bits per heavy atom. The van der Waals surface area contributed by atoms with Crippen molar-refractivity contribution in [2.45, 2.75) is 13.5 Å². The van der Waals surface area contributed by atoms with Gasteiger partial charge < -0.3 is 10.2 Å². The van der Waals surface area contributed by atoms with Crippen molar-refractivity contribution in [3.05, 3.63) is 41.4 Å². The van der Waals surface area contributed by atoms with Crippen LogP contribution in [0.5, 0.6) is 0 Å². The van der Waals surface area contributed by atoms with Gasteiger partial charge in [-0.25, -0.2) is 4.98 Å². The van der Waals surface area contributed by atoms with E-state index in [-0.39, 0.29) is 11.8 Å². The highest BCUT2D eigenvalue weighted by molar-refractivity contribution is 7.13. The molecule has 0 saturated carbocycles. The van der Waals surface area contributed by atoms with E-state index in [0.29, 0.717) is 0 Å². The Labute approximate surface area is 153 Å². The van der Waals surface area contributed by atoms with E-state index >= 15 is 0 Å². The number of hydrogen-bond acceptors (Lipinski definition) is 5. The second-order valence-corrected chi connectivity index (χ2v) is 7.43. The first kappa shape index (κ1) is 18.0. The molecule has 5 nitrogen and oxygen atoms in total. The second kappa shape index (κ2) is 8.56. The van der Waals surface area contributed by atoms with Crippen molar-refractivity contribution in [1.29, 1.82) is 0 Å². The van der Waals surface area contributed by atoms with Crippen molar-refractivity contribution >= 4 is 17.2 Å². The molecule has 1 aliphatic heterocycles. The molecule has 1 N–H and O–H groups in total. The third-order valence-electron chi connectivity index (χ3n) is 4.57. The van der Waals surface area contributed by atoms with E-state index in [4.69, 9.17) is 4.98 Å². The summed E-state index contributed by atoms with van der Waals surface area (Å²) < 4.78 is 0. The average Bonchev–Trinajstić information content (AvgIpc) is 3.11. The Morgan fingerprint density at radius 2 is 1.96 bits per heavy atom. The Bertz CT molecular complexity index is 680. The minimum Gasteiger partial charge on any atom is -0.340 e. The van der Waals surface area contributed by atoms with Crippen LogP contribution in [0.4, 0.5) is 0 Å². The lowest BCUT2D eigenvalue weighted by molar-refractivity contribution is -0.136. The highest BCUT2D eigenvalue weighted by Gasteiger charge is 2.24. The number of carbonyl (C=O) groups excluding carboxylic acids is 1. The largest absolute Gasteiger partial charge is 0.340 e. The monoisotopic (exact) mass is 358 g/mol. The lowest BCUT2D eigenvalue weighted by Crippen LogP contribution is -2.50. The van der Waals surface area contributed by atoms with Crippen LogP contribution >= 0.6 is 11.3 Å². The summed E-state index contributed by atoms with van der Waals surface area (Å²) in [5.74, 6) is 0.303. The number of piperazine rings is 1. The molecule has 6 heteroatoms. The molecule has 1 atom stereocenters. The molecule has 1 amide bonds. The normalized spacial score (nSPS) is 16.8. The summed E-state index contributed by atoms with van der Waals surface area (Å²) in [5.41, 5.74) is 2.29. The minimum atomic E-state index is 0.0449. The molecule has 0 aliphatic carbocycles. The highest BCUT2D eigenvalue weighted by atomic mass is 32.1. The number of hydrogen-bond donors (Lipinski definition) is 1. The molecule has 1 saturated heterocycles. The predicted molar refractivity (Wildman–Crippen MR) is 102 cm³/mol. The van der Waals surface area contributed by atoms with Crippen LogP contribution in [0.2, 0.25) is 0 Å². The van der Waals surface area contributed by atoms with Gasteiger partial charge in [-0.15, -0.1) is 11.3 Å². The number of aromatic nitrogens is 1. The highest BCUT2D eigenvalue weighted by Crippen LogP contribution is 2.24. The maximum absolute atomic E-state index is 12.4. The zero-order chi connectivity index (χ0) is 17.6. The molecule has 0 bridgehead atoms. The fourth-order valence-corrected chi connectivity index (χ4v) is 3.97. The van der Waals surface area contributed by atoms with Gasteiger partial charge in [0.1, 0.15) is 5.01 Å². The van der Waals surface area contributed by atoms with Crippen LogP contribution < -0.4 is 5.32 Å². The number of nitrogens with one attached hydrogen (secondary N) is 1. The molecule has 1 unspecified atom stereocenters. The molecule has 25 heavy (non-hydrogen) atoms. The van der Waals surface area contributed by atoms with Crippen molar-refractivity contribution < 1.29 is 4.79 Å². The lowest BCUT2D eigenvalue weighted by Gasteiger charge is -2.35. The van der Waals surface area contributed by atoms with Crippen LogP contribution in [0.25, 0.3) is 10.6 Å².